The van der Waals surface area contributed by atoms with E-state index in [9.17, 15) is 26.3 Å². The molecule has 1 aliphatic rings. The summed E-state index contributed by atoms with van der Waals surface area (Å²) in [5.41, 5.74) is 1.02. The van der Waals surface area contributed by atoms with Gasteiger partial charge in [-0.1, -0.05) is 45.2 Å². The predicted octanol–water partition coefficient (Wildman–Crippen LogP) is 7.90. The van der Waals surface area contributed by atoms with Crippen LogP contribution in [0.25, 0.3) is 0 Å². The first-order valence-corrected chi connectivity index (χ1v) is 10.4. The number of benzene rings is 1. The van der Waals surface area contributed by atoms with Gasteiger partial charge in [-0.15, -0.1) is 0 Å². The van der Waals surface area contributed by atoms with Crippen LogP contribution in [-0.2, 0) is 4.18 Å². The molecule has 0 spiro atoms. The molecule has 1 saturated carbocycles. The van der Waals surface area contributed by atoms with Crippen LogP contribution in [0.15, 0.2) is 24.3 Å². The largest absolute Gasteiger partial charge is 0.419 e. The highest BCUT2D eigenvalue weighted by atomic mass is 32.2. The first-order valence-electron chi connectivity index (χ1n) is 8.91. The molecular formula is C18H24F6O2S2. The van der Waals surface area contributed by atoms with Crippen LogP contribution >= 0.6 is 24.1 Å². The van der Waals surface area contributed by atoms with Gasteiger partial charge in [0, 0.05) is 0 Å². The van der Waals surface area contributed by atoms with E-state index in [4.69, 9.17) is 0 Å². The molecule has 1 aromatic carbocycles. The Morgan fingerprint density at radius 3 is 1.82 bits per heavy atom. The van der Waals surface area contributed by atoms with Gasteiger partial charge < -0.3 is 8.37 Å². The summed E-state index contributed by atoms with van der Waals surface area (Å²) in [5.74, 6) is -5.42. The normalized spacial score (nSPS) is 16.3. The quantitative estimate of drug-likeness (QED) is 0.296. The monoisotopic (exact) mass is 450 g/mol. The Morgan fingerprint density at radius 1 is 0.821 bits per heavy atom. The van der Waals surface area contributed by atoms with Crippen molar-refractivity contribution in [2.24, 2.45) is 0 Å². The van der Waals surface area contributed by atoms with E-state index in [1.165, 1.54) is 18.6 Å². The van der Waals surface area contributed by atoms with Gasteiger partial charge in [-0.2, -0.15) is 26.3 Å². The third-order valence-electron chi connectivity index (χ3n) is 4.12. The van der Waals surface area contributed by atoms with Crippen LogP contribution in [0, 0.1) is 0 Å². The number of hydrogen-bond donors (Lipinski definition) is 0. The fraction of sp³-hybridized carbons (Fsp3) is 0.667. The zero-order valence-corrected chi connectivity index (χ0v) is 17.5. The van der Waals surface area contributed by atoms with Gasteiger partial charge in [0.05, 0.1) is 19.2 Å². The minimum atomic E-state index is -5.67. The lowest BCUT2D eigenvalue weighted by Crippen LogP contribution is -2.51. The van der Waals surface area contributed by atoms with Gasteiger partial charge in [0.25, 0.3) is 0 Å². The van der Waals surface area contributed by atoms with Crippen LogP contribution in [0.3, 0.4) is 0 Å². The molecule has 0 atom stereocenters. The van der Waals surface area contributed by atoms with Gasteiger partial charge in [-0.3, -0.25) is 0 Å². The zero-order chi connectivity index (χ0) is 21.4. The van der Waals surface area contributed by atoms with Crippen LogP contribution in [0.2, 0.25) is 0 Å². The van der Waals surface area contributed by atoms with Gasteiger partial charge in [0.2, 0.25) is 0 Å². The van der Waals surface area contributed by atoms with Crippen molar-refractivity contribution >= 4 is 24.1 Å². The molecular weight excluding hydrogens is 426 g/mol. The molecule has 0 unspecified atom stereocenters. The Hall–Kier alpha value is -0.740. The summed E-state index contributed by atoms with van der Waals surface area (Å²) in [7, 11) is 0.685. The van der Waals surface area contributed by atoms with E-state index in [1.54, 1.807) is 12.1 Å². The maximum absolute atomic E-state index is 13.6. The van der Waals surface area contributed by atoms with Crippen LogP contribution in [0.1, 0.15) is 57.4 Å². The second-order valence-corrected chi connectivity index (χ2v) is 7.79. The molecule has 1 fully saturated rings. The molecule has 0 N–H and O–H groups in total. The smallest absolute Gasteiger partial charge is 0.398 e. The number of rotatable bonds is 8. The van der Waals surface area contributed by atoms with Crippen molar-refractivity contribution in [3.8, 4) is 5.75 Å². The number of alkyl halides is 6. The van der Waals surface area contributed by atoms with Gasteiger partial charge in [-0.05, 0) is 36.5 Å². The molecule has 10 heteroatoms. The van der Waals surface area contributed by atoms with E-state index in [0.717, 1.165) is 31.2 Å². The van der Waals surface area contributed by atoms with Gasteiger partial charge in [-0.25, -0.2) is 0 Å². The molecule has 28 heavy (non-hydrogen) atoms. The fourth-order valence-corrected chi connectivity index (χ4v) is 3.76. The van der Waals surface area contributed by atoms with Crippen molar-refractivity contribution in [2.75, 3.05) is 7.11 Å². The summed E-state index contributed by atoms with van der Waals surface area (Å²) >= 11 is -2.02. The molecule has 1 aromatic rings. The Morgan fingerprint density at radius 2 is 1.32 bits per heavy atom. The van der Waals surface area contributed by atoms with Gasteiger partial charge >= 0.3 is 16.4 Å². The summed E-state index contributed by atoms with van der Waals surface area (Å²) < 4.78 is 89.0. The average Bonchev–Trinajstić information content (AvgIpc) is 2.69. The van der Waals surface area contributed by atoms with Crippen molar-refractivity contribution in [1.82, 2.24) is 0 Å². The van der Waals surface area contributed by atoms with Crippen LogP contribution < -0.4 is 4.18 Å². The third kappa shape index (κ3) is 6.13. The predicted molar refractivity (Wildman–Crippen MR) is 101 cm³/mol. The topological polar surface area (TPSA) is 18.5 Å². The SMILES string of the molecule is CC.COSC(F)(F)C(F)(F)C(F)(F)SOc1ccc(C2CCCCC2)cc1. The van der Waals surface area contributed by atoms with Crippen molar-refractivity contribution in [1.29, 1.82) is 0 Å². The summed E-state index contributed by atoms with van der Waals surface area (Å²) in [4.78, 5) is 0. The van der Waals surface area contributed by atoms with E-state index in [2.05, 4.69) is 8.37 Å². The lowest BCUT2D eigenvalue weighted by Gasteiger charge is -2.29. The number of hydrogen-bond acceptors (Lipinski definition) is 4. The summed E-state index contributed by atoms with van der Waals surface area (Å²) in [5, 5.41) is -10.3. The summed E-state index contributed by atoms with van der Waals surface area (Å²) in [6.07, 6.45) is 5.49. The minimum absolute atomic E-state index is 0.118. The Bertz CT molecular complexity index is 578. The fourth-order valence-electron chi connectivity index (χ4n) is 2.71. The van der Waals surface area contributed by atoms with Crippen molar-refractivity contribution in [2.45, 2.75) is 68.3 Å². The summed E-state index contributed by atoms with van der Waals surface area (Å²) in [6, 6.07) is 6.09. The second kappa shape index (κ2) is 10.9. The zero-order valence-electron chi connectivity index (χ0n) is 15.8. The third-order valence-corrected chi connectivity index (χ3v) is 5.49. The highest BCUT2D eigenvalue weighted by molar-refractivity contribution is 7.97. The van der Waals surface area contributed by atoms with Gasteiger partial charge in [0.1, 0.15) is 17.8 Å². The molecule has 2 nitrogen and oxygen atoms in total. The second-order valence-electron chi connectivity index (χ2n) is 5.93. The lowest BCUT2D eigenvalue weighted by atomic mass is 9.84. The molecule has 162 valence electrons. The lowest BCUT2D eigenvalue weighted by molar-refractivity contribution is -0.239. The van der Waals surface area contributed by atoms with E-state index in [0.29, 0.717) is 13.0 Å². The van der Waals surface area contributed by atoms with Crippen LogP contribution in [0.5, 0.6) is 5.75 Å². The Balaban J connectivity index is 0.00000190. The van der Waals surface area contributed by atoms with Crippen LogP contribution in [-0.4, -0.2) is 23.5 Å². The first-order chi connectivity index (χ1) is 13.1. The number of halogens is 6. The Labute approximate surface area is 170 Å². The highest BCUT2D eigenvalue weighted by Crippen LogP contribution is 2.55. The van der Waals surface area contributed by atoms with E-state index in [-0.39, 0.29) is 5.75 Å². The molecule has 1 aliphatic carbocycles. The summed E-state index contributed by atoms with van der Waals surface area (Å²) in [6.45, 7) is 4.00. The molecule has 0 saturated heterocycles. The van der Waals surface area contributed by atoms with Gasteiger partial charge in [0.15, 0.2) is 0 Å². The highest BCUT2D eigenvalue weighted by Gasteiger charge is 2.74. The maximum Gasteiger partial charge on any atom is 0.398 e. The van der Waals surface area contributed by atoms with Crippen LogP contribution in [0.4, 0.5) is 26.3 Å². The molecule has 0 bridgehead atoms. The van der Waals surface area contributed by atoms with Crippen molar-refractivity contribution in [3.63, 3.8) is 0 Å². The molecule has 0 radical (unpaired) electrons. The molecule has 0 aromatic heterocycles. The standard InChI is InChI=1S/C16H18F6O2S2.C2H6/c1-23-25-15(19,20)14(17,18)16(21,22)26-24-13-9-7-12(8-10-13)11-5-3-2-4-6-11;1-2/h7-11H,2-6H2,1H3;1-2H3. The Kier molecular flexibility index (Phi) is 9.82. The van der Waals surface area contributed by atoms with E-state index < -0.39 is 40.5 Å². The van der Waals surface area contributed by atoms with E-state index >= 15 is 0 Å². The van der Waals surface area contributed by atoms with E-state index in [1.807, 2.05) is 13.8 Å². The van der Waals surface area contributed by atoms with Crippen molar-refractivity contribution < 1.29 is 34.7 Å². The molecule has 2 rings (SSSR count). The average molecular weight is 451 g/mol. The molecule has 0 amide bonds. The minimum Gasteiger partial charge on any atom is -0.419 e. The van der Waals surface area contributed by atoms with Crippen molar-refractivity contribution in [3.05, 3.63) is 29.8 Å². The molecule has 0 heterocycles. The first kappa shape index (κ1) is 25.3. The molecule has 0 aliphatic heterocycles. The maximum atomic E-state index is 13.6.